The predicted molar refractivity (Wildman–Crippen MR) is 125 cm³/mol. The third-order valence-electron chi connectivity index (χ3n) is 6.17. The van der Waals surface area contributed by atoms with Crippen LogP contribution in [0.15, 0.2) is 30.3 Å². The Balaban J connectivity index is 1.72. The van der Waals surface area contributed by atoms with Crippen LogP contribution >= 0.6 is 0 Å². The van der Waals surface area contributed by atoms with Gasteiger partial charge in [-0.1, -0.05) is 43.5 Å². The zero-order chi connectivity index (χ0) is 24.4. The largest absolute Gasteiger partial charge is 0.393 e. The van der Waals surface area contributed by atoms with Gasteiger partial charge in [0.05, 0.1) is 24.6 Å². The first-order valence-corrected chi connectivity index (χ1v) is 13.4. The number of carbonyl (C=O) groups is 1. The summed E-state index contributed by atoms with van der Waals surface area (Å²) in [5.74, 6) is -0.989. The van der Waals surface area contributed by atoms with Gasteiger partial charge in [-0.15, -0.1) is 0 Å². The van der Waals surface area contributed by atoms with Gasteiger partial charge >= 0.3 is 0 Å². The van der Waals surface area contributed by atoms with Gasteiger partial charge in [-0.05, 0) is 61.6 Å². The molecule has 1 amide bonds. The second kappa shape index (κ2) is 13.2. The fraction of sp³-hybridized carbons (Fsp3) is 0.625. The number of aliphatic hydroxyl groups is 3. The van der Waals surface area contributed by atoms with Crippen LogP contribution in [-0.4, -0.2) is 54.2 Å². The predicted octanol–water partition coefficient (Wildman–Crippen LogP) is 2.75. The number of rotatable bonds is 13. The second-order valence-electron chi connectivity index (χ2n) is 9.01. The van der Waals surface area contributed by atoms with Crippen LogP contribution in [0.5, 0.6) is 0 Å². The number of aliphatic hydroxyl groups excluding tert-OH is 3. The molecule has 186 valence electrons. The summed E-state index contributed by atoms with van der Waals surface area (Å²) in [5, 5.41) is 31.0. The molecule has 1 aromatic carbocycles. The van der Waals surface area contributed by atoms with Crippen LogP contribution in [0.4, 0.5) is 4.39 Å². The van der Waals surface area contributed by atoms with Crippen molar-refractivity contribution in [1.82, 2.24) is 4.72 Å². The summed E-state index contributed by atoms with van der Waals surface area (Å²) >= 11 is 0. The lowest BCUT2D eigenvalue weighted by molar-refractivity contribution is -0.119. The molecule has 1 aliphatic rings. The van der Waals surface area contributed by atoms with Gasteiger partial charge in [0.15, 0.2) is 0 Å². The van der Waals surface area contributed by atoms with Crippen LogP contribution in [0.25, 0.3) is 6.08 Å². The lowest BCUT2D eigenvalue weighted by Gasteiger charge is -2.24. The van der Waals surface area contributed by atoms with E-state index in [0.717, 1.165) is 31.9 Å². The molecule has 0 bridgehead atoms. The van der Waals surface area contributed by atoms with E-state index in [2.05, 4.69) is 0 Å². The highest BCUT2D eigenvalue weighted by molar-refractivity contribution is 7.89. The van der Waals surface area contributed by atoms with E-state index in [-0.39, 0.29) is 24.1 Å². The lowest BCUT2D eigenvalue weighted by Crippen LogP contribution is -2.28. The summed E-state index contributed by atoms with van der Waals surface area (Å²) in [7, 11) is -3.52. The van der Waals surface area contributed by atoms with Crippen LogP contribution in [0.1, 0.15) is 63.4 Å². The Bertz CT molecular complexity index is 891. The van der Waals surface area contributed by atoms with Crippen molar-refractivity contribution in [3.05, 3.63) is 41.7 Å². The van der Waals surface area contributed by atoms with Crippen molar-refractivity contribution in [3.63, 3.8) is 0 Å². The molecule has 0 heterocycles. The van der Waals surface area contributed by atoms with Crippen LogP contribution in [0, 0.1) is 17.7 Å². The Kier molecular flexibility index (Phi) is 11.0. The first kappa shape index (κ1) is 27.4. The van der Waals surface area contributed by atoms with Crippen molar-refractivity contribution in [2.24, 2.45) is 11.8 Å². The molecule has 0 saturated heterocycles. The average Bonchev–Trinajstić information content (AvgIpc) is 2.98. The Morgan fingerprint density at radius 2 is 1.82 bits per heavy atom. The highest BCUT2D eigenvalue weighted by Gasteiger charge is 2.40. The van der Waals surface area contributed by atoms with Crippen molar-refractivity contribution in [3.8, 4) is 0 Å². The molecule has 1 fully saturated rings. The third-order valence-corrected chi connectivity index (χ3v) is 6.77. The molecule has 1 aromatic rings. The van der Waals surface area contributed by atoms with Gasteiger partial charge in [-0.25, -0.2) is 12.8 Å². The smallest absolute Gasteiger partial charge is 0.233 e. The number of unbranched alkanes of at least 4 members (excludes halogenated alkanes) is 3. The SMILES string of the molecule is CS(=O)(=O)NC(=O)CCCCCC[C@@H]1[C@@H](CCC(O)C=Cc2cccc(F)c2)[C@H](O)C[C@@H]1O. The molecule has 33 heavy (non-hydrogen) atoms. The molecule has 1 unspecified atom stereocenters. The highest BCUT2D eigenvalue weighted by Crippen LogP contribution is 2.39. The zero-order valence-corrected chi connectivity index (χ0v) is 19.9. The van der Waals surface area contributed by atoms with E-state index in [9.17, 15) is 32.9 Å². The lowest BCUT2D eigenvalue weighted by atomic mass is 9.85. The maximum atomic E-state index is 13.2. The molecule has 1 saturated carbocycles. The molecular formula is C24H36FNO6S. The van der Waals surface area contributed by atoms with Crippen LogP contribution in [0.3, 0.4) is 0 Å². The van der Waals surface area contributed by atoms with Crippen molar-refractivity contribution >= 4 is 22.0 Å². The topological polar surface area (TPSA) is 124 Å². The number of sulfonamides is 1. The van der Waals surface area contributed by atoms with Gasteiger partial charge in [0, 0.05) is 6.42 Å². The van der Waals surface area contributed by atoms with Crippen molar-refractivity contribution in [2.75, 3.05) is 6.26 Å². The van der Waals surface area contributed by atoms with E-state index in [4.69, 9.17) is 0 Å². The number of hydrogen-bond acceptors (Lipinski definition) is 6. The Morgan fingerprint density at radius 3 is 2.48 bits per heavy atom. The normalized spacial score (nSPS) is 24.3. The monoisotopic (exact) mass is 485 g/mol. The summed E-state index contributed by atoms with van der Waals surface area (Å²) in [6, 6.07) is 6.09. The van der Waals surface area contributed by atoms with E-state index in [0.29, 0.717) is 31.2 Å². The Hall–Kier alpha value is -1.81. The fourth-order valence-electron chi connectivity index (χ4n) is 4.55. The van der Waals surface area contributed by atoms with E-state index in [1.165, 1.54) is 12.1 Å². The molecule has 2 rings (SSSR count). The highest BCUT2D eigenvalue weighted by atomic mass is 32.2. The van der Waals surface area contributed by atoms with Gasteiger partial charge in [0.1, 0.15) is 5.82 Å². The van der Waals surface area contributed by atoms with Gasteiger partial charge < -0.3 is 15.3 Å². The molecule has 5 atom stereocenters. The third kappa shape index (κ3) is 10.3. The van der Waals surface area contributed by atoms with Crippen LogP contribution < -0.4 is 4.72 Å². The first-order chi connectivity index (χ1) is 15.5. The van der Waals surface area contributed by atoms with Crippen molar-refractivity contribution in [2.45, 2.75) is 76.1 Å². The fourth-order valence-corrected chi connectivity index (χ4v) is 5.07. The van der Waals surface area contributed by atoms with Crippen molar-refractivity contribution in [1.29, 1.82) is 0 Å². The van der Waals surface area contributed by atoms with Crippen molar-refractivity contribution < 1.29 is 32.9 Å². The summed E-state index contributed by atoms with van der Waals surface area (Å²) in [6.45, 7) is 0. The minimum Gasteiger partial charge on any atom is -0.393 e. The number of benzene rings is 1. The van der Waals surface area contributed by atoms with E-state index < -0.39 is 34.2 Å². The number of amides is 1. The van der Waals surface area contributed by atoms with E-state index in [1.54, 1.807) is 24.3 Å². The quantitative estimate of drug-likeness (QED) is 0.319. The number of hydrogen-bond donors (Lipinski definition) is 4. The zero-order valence-electron chi connectivity index (χ0n) is 19.1. The van der Waals surface area contributed by atoms with Gasteiger partial charge in [-0.3, -0.25) is 9.52 Å². The van der Waals surface area contributed by atoms with Gasteiger partial charge in [-0.2, -0.15) is 0 Å². The number of carbonyl (C=O) groups excluding carboxylic acids is 1. The molecule has 0 radical (unpaired) electrons. The average molecular weight is 486 g/mol. The van der Waals surface area contributed by atoms with Crippen LogP contribution in [-0.2, 0) is 14.8 Å². The van der Waals surface area contributed by atoms with Gasteiger partial charge in [0.2, 0.25) is 15.9 Å². The Morgan fingerprint density at radius 1 is 1.15 bits per heavy atom. The summed E-state index contributed by atoms with van der Waals surface area (Å²) in [4.78, 5) is 11.5. The Labute approximate surface area is 195 Å². The number of nitrogens with one attached hydrogen (secondary N) is 1. The van der Waals surface area contributed by atoms with Gasteiger partial charge in [0.25, 0.3) is 0 Å². The molecule has 0 aliphatic heterocycles. The molecule has 1 aliphatic carbocycles. The van der Waals surface area contributed by atoms with E-state index >= 15 is 0 Å². The first-order valence-electron chi connectivity index (χ1n) is 11.5. The second-order valence-corrected chi connectivity index (χ2v) is 10.8. The molecule has 4 N–H and O–H groups in total. The maximum Gasteiger partial charge on any atom is 0.233 e. The standard InChI is InChI=1S/C24H36FNO6S/c1-33(31,32)26-24(30)10-5-3-2-4-9-20-21(23(29)16-22(20)28)14-13-19(27)12-11-17-7-6-8-18(25)15-17/h6-8,11-12,15,19-23,27-29H,2-5,9-10,13-14,16H2,1H3,(H,26,30)/t19?,20-,21-,22+,23-/m1/s1. The number of halogens is 1. The molecule has 9 heteroatoms. The molecule has 7 nitrogen and oxygen atoms in total. The molecular weight excluding hydrogens is 449 g/mol. The maximum absolute atomic E-state index is 13.2. The summed E-state index contributed by atoms with van der Waals surface area (Å²) < 4.78 is 37.2. The minimum absolute atomic E-state index is 0.0482. The summed E-state index contributed by atoms with van der Waals surface area (Å²) in [6.07, 6.45) is 7.59. The van der Waals surface area contributed by atoms with Crippen LogP contribution in [0.2, 0.25) is 0 Å². The minimum atomic E-state index is -3.52. The molecule has 0 aromatic heterocycles. The summed E-state index contributed by atoms with van der Waals surface area (Å²) in [5.41, 5.74) is 0.664. The van der Waals surface area contributed by atoms with E-state index in [1.807, 2.05) is 4.72 Å². The molecule has 0 spiro atoms.